The molecule has 0 unspecified atom stereocenters. The van der Waals surface area contributed by atoms with Gasteiger partial charge in [0.25, 0.3) is 5.91 Å². The van der Waals surface area contributed by atoms with Gasteiger partial charge in [0.2, 0.25) is 11.8 Å². The minimum Gasteiger partial charge on any atom is -0.366 e. The molecule has 0 bridgehead atoms. The second kappa shape index (κ2) is 8.87. The van der Waals surface area contributed by atoms with Crippen molar-refractivity contribution < 1.29 is 14.4 Å². The van der Waals surface area contributed by atoms with Crippen LogP contribution in [0.3, 0.4) is 0 Å². The first-order valence-electron chi connectivity index (χ1n) is 9.86. The van der Waals surface area contributed by atoms with Crippen LogP contribution in [0.5, 0.6) is 0 Å². The number of hydrogen-bond acceptors (Lipinski definition) is 5. The summed E-state index contributed by atoms with van der Waals surface area (Å²) in [5.74, 6) is -0.772. The van der Waals surface area contributed by atoms with Crippen molar-refractivity contribution in [1.29, 1.82) is 0 Å². The van der Waals surface area contributed by atoms with E-state index in [4.69, 9.17) is 5.73 Å². The molecule has 0 fully saturated rings. The van der Waals surface area contributed by atoms with Crippen LogP contribution in [0.15, 0.2) is 54.6 Å². The van der Waals surface area contributed by atoms with Crippen LogP contribution in [0.1, 0.15) is 33.4 Å². The summed E-state index contributed by atoms with van der Waals surface area (Å²) in [7, 11) is 0. The molecule has 8 heteroatoms. The van der Waals surface area contributed by atoms with E-state index in [-0.39, 0.29) is 18.2 Å². The average molecular weight is 452 g/mol. The first-order chi connectivity index (χ1) is 15.0. The van der Waals surface area contributed by atoms with E-state index in [1.165, 1.54) is 21.4 Å². The van der Waals surface area contributed by atoms with Gasteiger partial charge in [-0.05, 0) is 43.3 Å². The number of nitrogens with one attached hydrogen (secondary N) is 1. The third-order valence-electron chi connectivity index (χ3n) is 4.99. The summed E-state index contributed by atoms with van der Waals surface area (Å²) in [5, 5.41) is 3.96. The maximum atomic E-state index is 13.0. The molecule has 6 nitrogen and oxygen atoms in total. The zero-order valence-corrected chi connectivity index (χ0v) is 18.5. The zero-order valence-electron chi connectivity index (χ0n) is 16.9. The highest BCUT2D eigenvalue weighted by atomic mass is 32.1. The van der Waals surface area contributed by atoms with Crippen LogP contribution >= 0.6 is 22.7 Å². The number of nitrogens with zero attached hydrogens (tertiary/aromatic N) is 1. The van der Waals surface area contributed by atoms with Crippen LogP contribution in [0.4, 0.5) is 5.69 Å². The standard InChI is InChI=1S/C23H21N3O3S2/c1-2-26(12-11-20(27)25-15-9-7-14(8-10-15)22(24)28)23(29)19-13-18-21(31-19)16-5-3-4-6-17(16)30-18/h3-10,13H,2,11-12H2,1H3,(H2,24,28)(H,25,27). The van der Waals surface area contributed by atoms with Gasteiger partial charge < -0.3 is 16.0 Å². The fourth-order valence-electron chi connectivity index (χ4n) is 3.34. The Balaban J connectivity index is 1.40. The van der Waals surface area contributed by atoms with Gasteiger partial charge in [0, 0.05) is 45.5 Å². The molecule has 0 radical (unpaired) electrons. The minimum atomic E-state index is -0.517. The molecule has 0 spiro atoms. The van der Waals surface area contributed by atoms with Crippen molar-refractivity contribution in [3.8, 4) is 0 Å². The van der Waals surface area contributed by atoms with Crippen molar-refractivity contribution in [3.63, 3.8) is 0 Å². The van der Waals surface area contributed by atoms with E-state index in [1.54, 1.807) is 40.5 Å². The minimum absolute atomic E-state index is 0.0569. The number of nitrogens with two attached hydrogens (primary N) is 1. The lowest BCUT2D eigenvalue weighted by molar-refractivity contribution is -0.116. The molecule has 2 heterocycles. The number of rotatable bonds is 7. The summed E-state index contributed by atoms with van der Waals surface area (Å²) in [4.78, 5) is 38.8. The Hall–Kier alpha value is -3.23. The summed E-state index contributed by atoms with van der Waals surface area (Å²) in [6.07, 6.45) is 0.180. The molecular formula is C23H21N3O3S2. The van der Waals surface area contributed by atoms with Gasteiger partial charge in [-0.15, -0.1) is 22.7 Å². The topological polar surface area (TPSA) is 92.5 Å². The molecule has 0 saturated heterocycles. The monoisotopic (exact) mass is 451 g/mol. The molecule has 3 N–H and O–H groups in total. The van der Waals surface area contributed by atoms with Crippen LogP contribution in [-0.4, -0.2) is 35.7 Å². The lowest BCUT2D eigenvalue weighted by Crippen LogP contribution is -2.33. The molecule has 158 valence electrons. The summed E-state index contributed by atoms with van der Waals surface area (Å²) < 4.78 is 3.47. The second-order valence-electron chi connectivity index (χ2n) is 7.03. The first-order valence-corrected chi connectivity index (χ1v) is 11.5. The fraction of sp³-hybridized carbons (Fsp3) is 0.174. The highest BCUT2D eigenvalue weighted by molar-refractivity contribution is 7.33. The highest BCUT2D eigenvalue weighted by Gasteiger charge is 2.19. The van der Waals surface area contributed by atoms with E-state index < -0.39 is 5.91 Å². The van der Waals surface area contributed by atoms with Gasteiger partial charge in [0.1, 0.15) is 0 Å². The van der Waals surface area contributed by atoms with E-state index in [9.17, 15) is 14.4 Å². The van der Waals surface area contributed by atoms with E-state index in [0.717, 1.165) is 9.40 Å². The Morgan fingerprint density at radius 2 is 1.74 bits per heavy atom. The molecular weight excluding hydrogens is 430 g/mol. The van der Waals surface area contributed by atoms with Crippen molar-refractivity contribution in [3.05, 3.63) is 65.0 Å². The Labute approximate surface area is 187 Å². The predicted molar refractivity (Wildman–Crippen MR) is 127 cm³/mol. The van der Waals surface area contributed by atoms with Crippen molar-refractivity contribution in [1.82, 2.24) is 4.90 Å². The average Bonchev–Trinajstić information content (AvgIpc) is 3.32. The molecule has 2 aromatic heterocycles. The van der Waals surface area contributed by atoms with Crippen LogP contribution in [-0.2, 0) is 4.79 Å². The number of hydrogen-bond donors (Lipinski definition) is 2. The summed E-state index contributed by atoms with van der Waals surface area (Å²) in [6.45, 7) is 2.75. The third kappa shape index (κ3) is 4.45. The zero-order chi connectivity index (χ0) is 22.0. The molecule has 0 saturated carbocycles. The van der Waals surface area contributed by atoms with E-state index in [1.807, 2.05) is 25.1 Å². The molecule has 2 aromatic carbocycles. The number of carbonyl (C=O) groups excluding carboxylic acids is 3. The van der Waals surface area contributed by atoms with Crippen LogP contribution in [0.2, 0.25) is 0 Å². The van der Waals surface area contributed by atoms with Crippen LogP contribution in [0.25, 0.3) is 19.5 Å². The number of benzene rings is 2. The van der Waals surface area contributed by atoms with Gasteiger partial charge in [-0.3, -0.25) is 14.4 Å². The lowest BCUT2D eigenvalue weighted by atomic mass is 10.2. The molecule has 0 atom stereocenters. The number of primary amides is 1. The highest BCUT2D eigenvalue weighted by Crippen LogP contribution is 2.39. The second-order valence-corrected chi connectivity index (χ2v) is 9.16. The van der Waals surface area contributed by atoms with Crippen molar-refractivity contribution in [2.24, 2.45) is 5.73 Å². The lowest BCUT2D eigenvalue weighted by Gasteiger charge is -2.19. The normalized spacial score (nSPS) is 11.0. The van der Waals surface area contributed by atoms with Crippen molar-refractivity contribution >= 4 is 65.6 Å². The van der Waals surface area contributed by atoms with Gasteiger partial charge in [-0.1, -0.05) is 18.2 Å². The molecule has 0 aliphatic carbocycles. The van der Waals surface area contributed by atoms with E-state index in [0.29, 0.717) is 29.2 Å². The summed E-state index contributed by atoms with van der Waals surface area (Å²) in [6, 6.07) is 16.5. The Morgan fingerprint density at radius 1 is 1.00 bits per heavy atom. The smallest absolute Gasteiger partial charge is 0.263 e. The number of thiophene rings is 2. The Bertz CT molecular complexity index is 1270. The van der Waals surface area contributed by atoms with Gasteiger partial charge in [-0.25, -0.2) is 0 Å². The first kappa shape index (κ1) is 21.0. The maximum Gasteiger partial charge on any atom is 0.263 e. The van der Waals surface area contributed by atoms with Crippen LogP contribution < -0.4 is 11.1 Å². The quantitative estimate of drug-likeness (QED) is 0.426. The molecule has 0 aliphatic heterocycles. The molecule has 31 heavy (non-hydrogen) atoms. The largest absolute Gasteiger partial charge is 0.366 e. The molecule has 3 amide bonds. The SMILES string of the molecule is CCN(CCC(=O)Nc1ccc(C(N)=O)cc1)C(=O)c1cc2sc3ccccc3c2s1. The number of fused-ring (bicyclic) bond motifs is 3. The number of anilines is 1. The van der Waals surface area contributed by atoms with E-state index >= 15 is 0 Å². The molecule has 4 rings (SSSR count). The molecule has 4 aromatic rings. The fourth-order valence-corrected chi connectivity index (χ4v) is 5.83. The molecule has 0 aliphatic rings. The summed E-state index contributed by atoms with van der Waals surface area (Å²) in [5.41, 5.74) is 6.18. The Morgan fingerprint density at radius 3 is 2.45 bits per heavy atom. The van der Waals surface area contributed by atoms with Gasteiger partial charge in [-0.2, -0.15) is 0 Å². The van der Waals surface area contributed by atoms with Crippen LogP contribution in [0, 0.1) is 0 Å². The van der Waals surface area contributed by atoms with E-state index in [2.05, 4.69) is 17.4 Å². The third-order valence-corrected chi connectivity index (χ3v) is 7.39. The number of amides is 3. The van der Waals surface area contributed by atoms with Gasteiger partial charge in [0.15, 0.2) is 0 Å². The number of carbonyl (C=O) groups is 3. The van der Waals surface area contributed by atoms with Crippen molar-refractivity contribution in [2.75, 3.05) is 18.4 Å². The maximum absolute atomic E-state index is 13.0. The Kier molecular flexibility index (Phi) is 6.01. The van der Waals surface area contributed by atoms with Gasteiger partial charge in [0.05, 0.1) is 9.58 Å². The van der Waals surface area contributed by atoms with Gasteiger partial charge >= 0.3 is 0 Å². The predicted octanol–water partition coefficient (Wildman–Crippen LogP) is 4.71. The summed E-state index contributed by atoms with van der Waals surface area (Å²) >= 11 is 3.19. The van der Waals surface area contributed by atoms with Crippen molar-refractivity contribution in [2.45, 2.75) is 13.3 Å².